The monoisotopic (exact) mass is 297 g/mol. The van der Waals surface area contributed by atoms with Gasteiger partial charge in [0.15, 0.2) is 5.65 Å². The average molecular weight is 297 g/mol. The third-order valence-electron chi connectivity index (χ3n) is 3.39. The van der Waals surface area contributed by atoms with Gasteiger partial charge in [-0.05, 0) is 25.5 Å². The number of aryl methyl sites for hydroxylation is 2. The van der Waals surface area contributed by atoms with Crippen molar-refractivity contribution in [1.82, 2.24) is 14.6 Å². The number of fused-ring (bicyclic) bond motifs is 1. The van der Waals surface area contributed by atoms with Gasteiger partial charge in [0, 0.05) is 18.3 Å². The topological polar surface area (TPSA) is 76.5 Å². The van der Waals surface area contributed by atoms with Crippen LogP contribution in [0.25, 0.3) is 5.65 Å². The largest absolute Gasteiger partial charge is 0.456 e. The zero-order chi connectivity index (χ0) is 15.7. The standard InChI is InChI=1S/C16H15N3O3/c1-10-3-4-13(11(2)7-10)16(21)22-9-12-8-15(20)19-14(18-12)5-6-17-19/h3-8,17H,9H2,1-2H3. The molecule has 6 heteroatoms. The highest BCUT2D eigenvalue weighted by atomic mass is 16.5. The molecule has 0 amide bonds. The van der Waals surface area contributed by atoms with E-state index in [1.165, 1.54) is 10.6 Å². The number of ether oxygens (including phenoxy) is 1. The molecule has 0 aliphatic carbocycles. The molecule has 0 saturated carbocycles. The molecule has 112 valence electrons. The Balaban J connectivity index is 1.78. The Kier molecular flexibility index (Phi) is 3.50. The zero-order valence-electron chi connectivity index (χ0n) is 12.3. The van der Waals surface area contributed by atoms with Crippen molar-refractivity contribution >= 4 is 11.6 Å². The van der Waals surface area contributed by atoms with Crippen molar-refractivity contribution in [2.75, 3.05) is 0 Å². The molecule has 0 aliphatic heterocycles. The number of nitrogens with one attached hydrogen (secondary N) is 1. The summed E-state index contributed by atoms with van der Waals surface area (Å²) in [5.41, 5.74) is 3.13. The number of benzene rings is 1. The van der Waals surface area contributed by atoms with E-state index in [1.807, 2.05) is 26.0 Å². The lowest BCUT2D eigenvalue weighted by Gasteiger charge is -2.07. The fraction of sp³-hybridized carbons (Fsp3) is 0.188. The molecule has 0 radical (unpaired) electrons. The van der Waals surface area contributed by atoms with Crippen LogP contribution in [0.1, 0.15) is 27.2 Å². The number of rotatable bonds is 3. The third kappa shape index (κ3) is 2.63. The predicted molar refractivity (Wildman–Crippen MR) is 80.8 cm³/mol. The molecule has 0 unspecified atom stereocenters. The SMILES string of the molecule is Cc1ccc(C(=O)OCc2cc(=O)n3[nH]ccc3n2)c(C)c1. The van der Waals surface area contributed by atoms with Gasteiger partial charge in [-0.1, -0.05) is 17.7 Å². The van der Waals surface area contributed by atoms with E-state index in [1.54, 1.807) is 18.3 Å². The van der Waals surface area contributed by atoms with Crippen molar-refractivity contribution in [2.45, 2.75) is 20.5 Å². The summed E-state index contributed by atoms with van der Waals surface area (Å²) >= 11 is 0. The number of carbonyl (C=O) groups is 1. The molecule has 22 heavy (non-hydrogen) atoms. The number of aromatic amines is 1. The third-order valence-corrected chi connectivity index (χ3v) is 3.39. The maximum absolute atomic E-state index is 12.1. The Bertz CT molecular complexity index is 908. The average Bonchev–Trinajstić information content (AvgIpc) is 2.93. The zero-order valence-corrected chi connectivity index (χ0v) is 12.3. The summed E-state index contributed by atoms with van der Waals surface area (Å²) in [7, 11) is 0. The first kappa shape index (κ1) is 14.1. The Hall–Kier alpha value is -2.89. The first-order valence-electron chi connectivity index (χ1n) is 6.85. The van der Waals surface area contributed by atoms with Crippen LogP contribution in [0, 0.1) is 13.8 Å². The van der Waals surface area contributed by atoms with E-state index in [0.717, 1.165) is 11.1 Å². The van der Waals surface area contributed by atoms with E-state index >= 15 is 0 Å². The Labute approximate surface area is 126 Å². The van der Waals surface area contributed by atoms with Gasteiger partial charge >= 0.3 is 5.97 Å². The molecule has 0 bridgehead atoms. The van der Waals surface area contributed by atoms with Gasteiger partial charge in [-0.25, -0.2) is 14.3 Å². The molecule has 0 spiro atoms. The summed E-state index contributed by atoms with van der Waals surface area (Å²) in [5.74, 6) is -0.423. The normalized spacial score (nSPS) is 10.8. The lowest BCUT2D eigenvalue weighted by molar-refractivity contribution is 0.0467. The van der Waals surface area contributed by atoms with Crippen LogP contribution >= 0.6 is 0 Å². The van der Waals surface area contributed by atoms with E-state index in [4.69, 9.17) is 4.74 Å². The number of H-pyrrole nitrogens is 1. The molecule has 6 nitrogen and oxygen atoms in total. The number of carbonyl (C=O) groups excluding carboxylic acids is 1. The highest BCUT2D eigenvalue weighted by Crippen LogP contribution is 2.12. The van der Waals surface area contributed by atoms with Crippen LogP contribution in [-0.2, 0) is 11.3 Å². The minimum Gasteiger partial charge on any atom is -0.456 e. The van der Waals surface area contributed by atoms with Crippen LogP contribution in [0.4, 0.5) is 0 Å². The molecule has 1 N–H and O–H groups in total. The number of aromatic nitrogens is 3. The lowest BCUT2D eigenvalue weighted by atomic mass is 10.1. The van der Waals surface area contributed by atoms with Crippen molar-refractivity contribution in [3.8, 4) is 0 Å². The van der Waals surface area contributed by atoms with Gasteiger partial charge in [-0.3, -0.25) is 9.89 Å². The van der Waals surface area contributed by atoms with E-state index in [9.17, 15) is 9.59 Å². The van der Waals surface area contributed by atoms with Gasteiger partial charge in [0.1, 0.15) is 6.61 Å². The lowest BCUT2D eigenvalue weighted by Crippen LogP contribution is -2.16. The highest BCUT2D eigenvalue weighted by molar-refractivity contribution is 5.91. The van der Waals surface area contributed by atoms with E-state index in [-0.39, 0.29) is 12.2 Å². The second kappa shape index (κ2) is 5.48. The number of nitrogens with zero attached hydrogens (tertiary/aromatic N) is 2. The van der Waals surface area contributed by atoms with Crippen LogP contribution in [0.3, 0.4) is 0 Å². The van der Waals surface area contributed by atoms with E-state index in [0.29, 0.717) is 16.9 Å². The smallest absolute Gasteiger partial charge is 0.338 e. The molecule has 0 saturated heterocycles. The van der Waals surface area contributed by atoms with Crippen LogP contribution in [0.2, 0.25) is 0 Å². The minimum absolute atomic E-state index is 0.0386. The molecule has 3 aromatic rings. The molecule has 0 atom stereocenters. The van der Waals surface area contributed by atoms with Gasteiger partial charge in [-0.15, -0.1) is 0 Å². The fourth-order valence-corrected chi connectivity index (χ4v) is 2.31. The molecule has 2 heterocycles. The maximum Gasteiger partial charge on any atom is 0.338 e. The minimum atomic E-state index is -0.423. The van der Waals surface area contributed by atoms with Crippen LogP contribution < -0.4 is 5.56 Å². The second-order valence-corrected chi connectivity index (χ2v) is 5.14. The van der Waals surface area contributed by atoms with Crippen molar-refractivity contribution in [2.24, 2.45) is 0 Å². The van der Waals surface area contributed by atoms with Crippen molar-refractivity contribution < 1.29 is 9.53 Å². The second-order valence-electron chi connectivity index (χ2n) is 5.14. The number of hydrogen-bond acceptors (Lipinski definition) is 4. The molecular formula is C16H15N3O3. The first-order valence-corrected chi connectivity index (χ1v) is 6.85. The highest BCUT2D eigenvalue weighted by Gasteiger charge is 2.12. The summed E-state index contributed by atoms with van der Waals surface area (Å²) in [6.07, 6.45) is 1.62. The maximum atomic E-state index is 12.1. The summed E-state index contributed by atoms with van der Waals surface area (Å²) in [5, 5.41) is 2.75. The van der Waals surface area contributed by atoms with E-state index in [2.05, 4.69) is 10.1 Å². The van der Waals surface area contributed by atoms with Crippen molar-refractivity contribution in [1.29, 1.82) is 0 Å². The molecular weight excluding hydrogens is 282 g/mol. The molecule has 3 rings (SSSR count). The van der Waals surface area contributed by atoms with Crippen LogP contribution in [0.5, 0.6) is 0 Å². The summed E-state index contributed by atoms with van der Waals surface area (Å²) < 4.78 is 6.57. The first-order chi connectivity index (χ1) is 10.5. The summed E-state index contributed by atoms with van der Waals surface area (Å²) in [4.78, 5) is 28.2. The summed E-state index contributed by atoms with van der Waals surface area (Å²) in [6.45, 7) is 3.79. The fourth-order valence-electron chi connectivity index (χ4n) is 2.31. The Morgan fingerprint density at radius 2 is 2.09 bits per heavy atom. The quantitative estimate of drug-likeness (QED) is 0.750. The van der Waals surface area contributed by atoms with Gasteiger partial charge in [-0.2, -0.15) is 0 Å². The van der Waals surface area contributed by atoms with Gasteiger partial charge in [0.25, 0.3) is 5.56 Å². The molecule has 1 aromatic carbocycles. The number of hydrogen-bond donors (Lipinski definition) is 1. The van der Waals surface area contributed by atoms with Gasteiger partial charge in [0.2, 0.25) is 0 Å². The Morgan fingerprint density at radius 1 is 1.27 bits per heavy atom. The predicted octanol–water partition coefficient (Wildman–Crippen LogP) is 2.00. The molecule has 2 aromatic heterocycles. The van der Waals surface area contributed by atoms with Gasteiger partial charge < -0.3 is 4.74 Å². The number of esters is 1. The Morgan fingerprint density at radius 3 is 2.86 bits per heavy atom. The van der Waals surface area contributed by atoms with E-state index < -0.39 is 5.97 Å². The molecule has 0 fully saturated rings. The summed E-state index contributed by atoms with van der Waals surface area (Å²) in [6, 6.07) is 8.55. The van der Waals surface area contributed by atoms with Crippen LogP contribution in [-0.4, -0.2) is 20.6 Å². The van der Waals surface area contributed by atoms with Gasteiger partial charge in [0.05, 0.1) is 11.3 Å². The van der Waals surface area contributed by atoms with Crippen molar-refractivity contribution in [3.63, 3.8) is 0 Å². The molecule has 0 aliphatic rings. The van der Waals surface area contributed by atoms with Crippen molar-refractivity contribution in [3.05, 3.63) is 69.3 Å². The van der Waals surface area contributed by atoms with Crippen LogP contribution in [0.15, 0.2) is 41.3 Å².